The van der Waals surface area contributed by atoms with Gasteiger partial charge in [0.15, 0.2) is 10.6 Å². The lowest BCUT2D eigenvalue weighted by Crippen LogP contribution is -2.08. The highest BCUT2D eigenvalue weighted by molar-refractivity contribution is 6.55. The van der Waals surface area contributed by atoms with E-state index in [2.05, 4.69) is 0 Å². The predicted molar refractivity (Wildman–Crippen MR) is 77.0 cm³/mol. The van der Waals surface area contributed by atoms with E-state index in [-0.39, 0.29) is 5.78 Å². The molecule has 0 saturated carbocycles. The minimum Gasteiger partial charge on any atom is -0.489 e. The summed E-state index contributed by atoms with van der Waals surface area (Å²) in [5.74, 6) is 0.289. The highest BCUT2D eigenvalue weighted by Gasteiger charge is 2.14. The Morgan fingerprint density at radius 2 is 1.79 bits per heavy atom. The minimum atomic E-state index is -1.05. The van der Waals surface area contributed by atoms with Crippen molar-refractivity contribution in [3.05, 3.63) is 65.7 Å². The molecule has 2 aromatic rings. The lowest BCUT2D eigenvalue weighted by atomic mass is 10.1. The van der Waals surface area contributed by atoms with Gasteiger partial charge in [-0.15, -0.1) is 0 Å². The van der Waals surface area contributed by atoms with Crippen molar-refractivity contribution in [1.29, 1.82) is 0 Å². The number of ether oxygens (including phenoxy) is 1. The number of hydrogen-bond acceptors (Lipinski definition) is 2. The van der Waals surface area contributed by atoms with E-state index in [1.165, 1.54) is 0 Å². The summed E-state index contributed by atoms with van der Waals surface area (Å²) in [5.41, 5.74) is 1.51. The van der Waals surface area contributed by atoms with Crippen molar-refractivity contribution in [2.75, 3.05) is 0 Å². The zero-order valence-corrected chi connectivity index (χ0v) is 11.6. The van der Waals surface area contributed by atoms with Crippen LogP contribution in [0.1, 0.15) is 15.9 Å². The third-order valence-electron chi connectivity index (χ3n) is 2.57. The van der Waals surface area contributed by atoms with Crippen molar-refractivity contribution in [1.82, 2.24) is 0 Å². The highest BCUT2D eigenvalue weighted by atomic mass is 35.5. The molecule has 0 heterocycles. The SMILES string of the molecule is O=C(c1cccc(OCc2ccccc2)c1)C(Cl)Cl. The van der Waals surface area contributed by atoms with Crippen LogP contribution < -0.4 is 4.74 Å². The van der Waals surface area contributed by atoms with E-state index in [0.717, 1.165) is 5.56 Å². The molecule has 0 amide bonds. The Balaban J connectivity index is 2.05. The average Bonchev–Trinajstić information content (AvgIpc) is 2.45. The summed E-state index contributed by atoms with van der Waals surface area (Å²) in [6.07, 6.45) is 0. The van der Waals surface area contributed by atoms with E-state index < -0.39 is 4.84 Å². The van der Waals surface area contributed by atoms with Gasteiger partial charge in [-0.2, -0.15) is 0 Å². The van der Waals surface area contributed by atoms with Crippen LogP contribution in [0.5, 0.6) is 5.75 Å². The van der Waals surface area contributed by atoms with Gasteiger partial charge in [0.25, 0.3) is 0 Å². The number of alkyl halides is 2. The number of Topliss-reactive ketones (excluding diaryl/α,β-unsaturated/α-hetero) is 1. The Hall–Kier alpha value is -1.51. The third kappa shape index (κ3) is 3.98. The van der Waals surface area contributed by atoms with Crippen molar-refractivity contribution in [3.8, 4) is 5.75 Å². The lowest BCUT2D eigenvalue weighted by molar-refractivity contribution is 0.101. The number of hydrogen-bond donors (Lipinski definition) is 0. The van der Waals surface area contributed by atoms with E-state index in [4.69, 9.17) is 27.9 Å². The Morgan fingerprint density at radius 3 is 2.47 bits per heavy atom. The molecule has 0 radical (unpaired) electrons. The predicted octanol–water partition coefficient (Wildman–Crippen LogP) is 4.25. The summed E-state index contributed by atoms with van der Waals surface area (Å²) in [7, 11) is 0. The first kappa shape index (κ1) is 13.9. The van der Waals surface area contributed by atoms with Gasteiger partial charge in [-0.25, -0.2) is 0 Å². The molecular formula is C15H12Cl2O2. The number of carbonyl (C=O) groups is 1. The van der Waals surface area contributed by atoms with Crippen LogP contribution in [-0.4, -0.2) is 10.6 Å². The standard InChI is InChI=1S/C15H12Cl2O2/c16-15(17)14(18)12-7-4-8-13(9-12)19-10-11-5-2-1-3-6-11/h1-9,15H,10H2. The van der Waals surface area contributed by atoms with Gasteiger partial charge >= 0.3 is 0 Å². The van der Waals surface area contributed by atoms with Crippen molar-refractivity contribution in [2.45, 2.75) is 11.4 Å². The smallest absolute Gasteiger partial charge is 0.195 e. The summed E-state index contributed by atoms with van der Waals surface area (Å²) in [5, 5.41) is 0. The molecular weight excluding hydrogens is 283 g/mol. The molecule has 0 aliphatic heterocycles. The summed E-state index contributed by atoms with van der Waals surface area (Å²) in [6.45, 7) is 0.448. The van der Waals surface area contributed by atoms with Crippen molar-refractivity contribution in [3.63, 3.8) is 0 Å². The molecule has 0 unspecified atom stereocenters. The maximum atomic E-state index is 11.7. The second-order valence-electron chi connectivity index (χ2n) is 3.97. The van der Waals surface area contributed by atoms with Crippen LogP contribution in [-0.2, 0) is 6.61 Å². The fourth-order valence-electron chi connectivity index (χ4n) is 1.61. The van der Waals surface area contributed by atoms with Gasteiger partial charge in [0, 0.05) is 5.56 Å². The van der Waals surface area contributed by atoms with Crippen LogP contribution in [0.4, 0.5) is 0 Å². The van der Waals surface area contributed by atoms with Crippen LogP contribution in [0.25, 0.3) is 0 Å². The molecule has 0 fully saturated rings. The van der Waals surface area contributed by atoms with E-state index >= 15 is 0 Å². The van der Waals surface area contributed by atoms with Gasteiger partial charge in [0.1, 0.15) is 12.4 Å². The molecule has 0 aliphatic rings. The molecule has 0 saturated heterocycles. The molecule has 0 N–H and O–H groups in total. The summed E-state index contributed by atoms with van der Waals surface area (Å²) < 4.78 is 5.62. The molecule has 2 aromatic carbocycles. The molecule has 0 spiro atoms. The summed E-state index contributed by atoms with van der Waals surface area (Å²) >= 11 is 11.1. The van der Waals surface area contributed by atoms with Crippen molar-refractivity contribution in [2.24, 2.45) is 0 Å². The quantitative estimate of drug-likeness (QED) is 0.609. The topological polar surface area (TPSA) is 26.3 Å². The Bertz CT molecular complexity index is 553. The van der Waals surface area contributed by atoms with E-state index in [1.54, 1.807) is 24.3 Å². The molecule has 0 aliphatic carbocycles. The Kier molecular flexibility index (Phi) is 4.83. The van der Waals surface area contributed by atoms with Gasteiger partial charge in [-0.1, -0.05) is 65.7 Å². The van der Waals surface area contributed by atoms with Crippen LogP contribution >= 0.6 is 23.2 Å². The minimum absolute atomic E-state index is 0.325. The molecule has 2 rings (SSSR count). The molecule has 0 bridgehead atoms. The van der Waals surface area contributed by atoms with Crippen LogP contribution in [0.3, 0.4) is 0 Å². The van der Waals surface area contributed by atoms with Gasteiger partial charge in [-0.05, 0) is 17.7 Å². The Labute approximate surface area is 121 Å². The highest BCUT2D eigenvalue weighted by Crippen LogP contribution is 2.18. The van der Waals surface area contributed by atoms with Gasteiger partial charge in [0.05, 0.1) is 0 Å². The number of rotatable bonds is 5. The fourth-order valence-corrected chi connectivity index (χ4v) is 1.86. The van der Waals surface area contributed by atoms with Gasteiger partial charge in [-0.3, -0.25) is 4.79 Å². The number of benzene rings is 2. The van der Waals surface area contributed by atoms with E-state index in [0.29, 0.717) is 17.9 Å². The van der Waals surface area contributed by atoms with Crippen LogP contribution in [0.15, 0.2) is 54.6 Å². The maximum Gasteiger partial charge on any atom is 0.195 e. The number of carbonyl (C=O) groups excluding carboxylic acids is 1. The first-order valence-corrected chi connectivity index (χ1v) is 6.63. The molecule has 98 valence electrons. The summed E-state index contributed by atoms with van der Waals surface area (Å²) in [4.78, 5) is 10.6. The van der Waals surface area contributed by atoms with E-state index in [1.807, 2.05) is 30.3 Å². The third-order valence-corrected chi connectivity index (χ3v) is 2.96. The zero-order chi connectivity index (χ0) is 13.7. The molecule has 4 heteroatoms. The van der Waals surface area contributed by atoms with E-state index in [9.17, 15) is 4.79 Å². The monoisotopic (exact) mass is 294 g/mol. The van der Waals surface area contributed by atoms with Crippen LogP contribution in [0, 0.1) is 0 Å². The molecule has 0 atom stereocenters. The lowest BCUT2D eigenvalue weighted by Gasteiger charge is -2.08. The van der Waals surface area contributed by atoms with Crippen LogP contribution in [0.2, 0.25) is 0 Å². The number of halogens is 2. The second kappa shape index (κ2) is 6.60. The van der Waals surface area contributed by atoms with Crippen molar-refractivity contribution < 1.29 is 9.53 Å². The Morgan fingerprint density at radius 1 is 1.05 bits per heavy atom. The zero-order valence-electron chi connectivity index (χ0n) is 10.1. The average molecular weight is 295 g/mol. The molecule has 0 aromatic heterocycles. The van der Waals surface area contributed by atoms with Crippen molar-refractivity contribution >= 4 is 29.0 Å². The second-order valence-corrected chi connectivity index (χ2v) is 5.06. The number of ketones is 1. The molecule has 19 heavy (non-hydrogen) atoms. The molecule has 2 nitrogen and oxygen atoms in total. The van der Waals surface area contributed by atoms with Gasteiger partial charge < -0.3 is 4.74 Å². The summed E-state index contributed by atoms with van der Waals surface area (Å²) in [6, 6.07) is 16.6. The maximum absolute atomic E-state index is 11.7. The fraction of sp³-hybridized carbons (Fsp3) is 0.133. The normalized spacial score (nSPS) is 10.5. The first-order valence-electron chi connectivity index (χ1n) is 5.76. The van der Waals surface area contributed by atoms with Gasteiger partial charge in [0.2, 0.25) is 0 Å². The largest absolute Gasteiger partial charge is 0.489 e. The first-order chi connectivity index (χ1) is 9.16.